The zero-order chi connectivity index (χ0) is 20.4. The monoisotopic (exact) mass is 423 g/mol. The normalized spacial score (nSPS) is 12.4. The Balaban J connectivity index is 1.74. The zero-order valence-electron chi connectivity index (χ0n) is 16.4. The standard InChI is InChI=1S/C22H22ClN5S/c1-4-12-27-16(3)25-26-22(27)29-15(2)21-24-19-13-18(23)10-11-20(19)28(21)14-17-8-6-5-7-9-17/h4-11,13,15H,1,12,14H2,2-3H3. The molecule has 0 fully saturated rings. The summed E-state index contributed by atoms with van der Waals surface area (Å²) >= 11 is 7.88. The van der Waals surface area contributed by atoms with Gasteiger partial charge in [-0.15, -0.1) is 16.8 Å². The number of imidazole rings is 1. The van der Waals surface area contributed by atoms with Gasteiger partial charge in [-0.3, -0.25) is 0 Å². The van der Waals surface area contributed by atoms with Gasteiger partial charge in [0.05, 0.1) is 16.3 Å². The maximum absolute atomic E-state index is 6.22. The van der Waals surface area contributed by atoms with Crippen molar-refractivity contribution in [2.75, 3.05) is 0 Å². The number of thioether (sulfide) groups is 1. The highest BCUT2D eigenvalue weighted by molar-refractivity contribution is 7.99. The van der Waals surface area contributed by atoms with Gasteiger partial charge in [0.1, 0.15) is 11.6 Å². The molecule has 0 aliphatic heterocycles. The molecule has 4 rings (SSSR count). The molecular weight excluding hydrogens is 402 g/mol. The minimum absolute atomic E-state index is 0.0806. The van der Waals surface area contributed by atoms with Crippen molar-refractivity contribution in [1.29, 1.82) is 0 Å². The Morgan fingerprint density at radius 1 is 1.14 bits per heavy atom. The number of aryl methyl sites for hydroxylation is 1. The highest BCUT2D eigenvalue weighted by Crippen LogP contribution is 2.36. The van der Waals surface area contributed by atoms with E-state index in [0.29, 0.717) is 11.6 Å². The number of fused-ring (bicyclic) bond motifs is 1. The quantitative estimate of drug-likeness (QED) is 0.283. The van der Waals surface area contributed by atoms with Crippen molar-refractivity contribution in [3.63, 3.8) is 0 Å². The van der Waals surface area contributed by atoms with Gasteiger partial charge >= 0.3 is 0 Å². The summed E-state index contributed by atoms with van der Waals surface area (Å²) in [6, 6.07) is 16.3. The third kappa shape index (κ3) is 4.09. The van der Waals surface area contributed by atoms with Crippen molar-refractivity contribution >= 4 is 34.4 Å². The number of halogens is 1. The summed E-state index contributed by atoms with van der Waals surface area (Å²) < 4.78 is 4.33. The molecule has 2 heterocycles. The number of hydrogen-bond donors (Lipinski definition) is 0. The molecule has 7 heteroatoms. The third-order valence-corrected chi connectivity index (χ3v) is 6.09. The van der Waals surface area contributed by atoms with Gasteiger partial charge in [-0.05, 0) is 37.6 Å². The number of rotatable bonds is 7. The fraction of sp³-hybridized carbons (Fsp3) is 0.227. The van der Waals surface area contributed by atoms with Crippen molar-refractivity contribution < 1.29 is 0 Å². The predicted octanol–water partition coefficient (Wildman–Crippen LogP) is 5.68. The average molecular weight is 424 g/mol. The maximum atomic E-state index is 6.22. The van der Waals surface area contributed by atoms with Crippen LogP contribution in [-0.4, -0.2) is 24.3 Å². The first-order valence-corrected chi connectivity index (χ1v) is 10.7. The zero-order valence-corrected chi connectivity index (χ0v) is 18.0. The number of nitrogens with zero attached hydrogens (tertiary/aromatic N) is 5. The van der Waals surface area contributed by atoms with Crippen LogP contribution in [0.2, 0.25) is 5.02 Å². The molecule has 0 aliphatic carbocycles. The van der Waals surface area contributed by atoms with Crippen LogP contribution in [0, 0.1) is 6.92 Å². The van der Waals surface area contributed by atoms with Gasteiger partial charge in [0.25, 0.3) is 0 Å². The van der Waals surface area contributed by atoms with E-state index in [4.69, 9.17) is 16.6 Å². The topological polar surface area (TPSA) is 48.5 Å². The molecule has 0 aliphatic rings. The van der Waals surface area contributed by atoms with Crippen molar-refractivity contribution in [2.45, 2.75) is 37.3 Å². The first kappa shape index (κ1) is 19.7. The molecule has 0 N–H and O–H groups in total. The van der Waals surface area contributed by atoms with Crippen molar-refractivity contribution in [3.8, 4) is 0 Å². The van der Waals surface area contributed by atoms with Crippen LogP contribution in [-0.2, 0) is 13.1 Å². The van der Waals surface area contributed by atoms with Gasteiger partial charge in [-0.25, -0.2) is 4.98 Å². The highest BCUT2D eigenvalue weighted by Gasteiger charge is 2.21. The Hall–Kier alpha value is -2.57. The molecule has 29 heavy (non-hydrogen) atoms. The molecule has 2 aromatic carbocycles. The summed E-state index contributed by atoms with van der Waals surface area (Å²) in [6.45, 7) is 9.38. The van der Waals surface area contributed by atoms with Gasteiger partial charge in [0.2, 0.25) is 0 Å². The van der Waals surface area contributed by atoms with Crippen LogP contribution in [0.15, 0.2) is 66.3 Å². The lowest BCUT2D eigenvalue weighted by Gasteiger charge is -2.15. The summed E-state index contributed by atoms with van der Waals surface area (Å²) in [5.74, 6) is 1.87. The molecule has 1 unspecified atom stereocenters. The van der Waals surface area contributed by atoms with Crippen LogP contribution in [0.25, 0.3) is 11.0 Å². The molecule has 0 amide bonds. The minimum atomic E-state index is 0.0806. The van der Waals surface area contributed by atoms with Gasteiger partial charge < -0.3 is 9.13 Å². The molecule has 148 valence electrons. The molecular formula is C22H22ClN5S. The Morgan fingerprint density at radius 3 is 2.69 bits per heavy atom. The summed E-state index contributed by atoms with van der Waals surface area (Å²) in [6.07, 6.45) is 1.86. The molecule has 5 nitrogen and oxygen atoms in total. The van der Waals surface area contributed by atoms with Gasteiger partial charge in [-0.1, -0.05) is 59.8 Å². The Morgan fingerprint density at radius 2 is 1.93 bits per heavy atom. The molecule has 0 spiro atoms. The van der Waals surface area contributed by atoms with Crippen LogP contribution < -0.4 is 0 Å². The summed E-state index contributed by atoms with van der Waals surface area (Å²) in [4.78, 5) is 4.93. The Labute approximate surface area is 179 Å². The number of benzene rings is 2. The van der Waals surface area contributed by atoms with Gasteiger partial charge in [0.15, 0.2) is 5.16 Å². The van der Waals surface area contributed by atoms with Crippen LogP contribution >= 0.6 is 23.4 Å². The first-order valence-electron chi connectivity index (χ1n) is 9.43. The lowest BCUT2D eigenvalue weighted by molar-refractivity contribution is 0.696. The van der Waals surface area contributed by atoms with Crippen molar-refractivity contribution in [3.05, 3.63) is 83.4 Å². The number of aromatic nitrogens is 5. The van der Waals surface area contributed by atoms with E-state index in [9.17, 15) is 0 Å². The molecule has 1 atom stereocenters. The summed E-state index contributed by atoms with van der Waals surface area (Å²) in [5, 5.41) is 10.2. The average Bonchev–Trinajstić information content (AvgIpc) is 3.24. The lowest BCUT2D eigenvalue weighted by atomic mass is 10.2. The molecule has 4 aromatic rings. The number of allylic oxidation sites excluding steroid dienone is 1. The fourth-order valence-electron chi connectivity index (χ4n) is 3.36. The Bertz CT molecular complexity index is 1150. The van der Waals surface area contributed by atoms with Gasteiger partial charge in [-0.2, -0.15) is 0 Å². The smallest absolute Gasteiger partial charge is 0.192 e. The Kier molecular flexibility index (Phi) is 5.74. The van der Waals surface area contributed by atoms with E-state index in [1.807, 2.05) is 37.3 Å². The first-order chi connectivity index (χ1) is 14.1. The fourth-order valence-corrected chi connectivity index (χ4v) is 4.55. The van der Waals surface area contributed by atoms with Crippen molar-refractivity contribution in [1.82, 2.24) is 24.3 Å². The van der Waals surface area contributed by atoms with Crippen LogP contribution in [0.3, 0.4) is 0 Å². The summed E-state index contributed by atoms with van der Waals surface area (Å²) in [5.41, 5.74) is 3.20. The van der Waals surface area contributed by atoms with E-state index in [-0.39, 0.29) is 5.25 Å². The van der Waals surface area contributed by atoms with E-state index in [0.717, 1.165) is 34.4 Å². The summed E-state index contributed by atoms with van der Waals surface area (Å²) in [7, 11) is 0. The molecule has 0 saturated heterocycles. The maximum Gasteiger partial charge on any atom is 0.192 e. The minimum Gasteiger partial charge on any atom is -0.323 e. The second kappa shape index (κ2) is 8.43. The van der Waals surface area contributed by atoms with Crippen LogP contribution in [0.5, 0.6) is 0 Å². The third-order valence-electron chi connectivity index (χ3n) is 4.78. The molecule has 2 aromatic heterocycles. The van der Waals surface area contributed by atoms with Crippen LogP contribution in [0.1, 0.15) is 29.4 Å². The van der Waals surface area contributed by atoms with E-state index in [2.05, 4.69) is 57.1 Å². The van der Waals surface area contributed by atoms with E-state index < -0.39 is 0 Å². The van der Waals surface area contributed by atoms with E-state index >= 15 is 0 Å². The second-order valence-corrected chi connectivity index (χ2v) is 8.61. The van der Waals surface area contributed by atoms with Crippen LogP contribution in [0.4, 0.5) is 0 Å². The highest BCUT2D eigenvalue weighted by atomic mass is 35.5. The van der Waals surface area contributed by atoms with E-state index in [1.165, 1.54) is 5.56 Å². The SMILES string of the molecule is C=CCn1c(C)nnc1SC(C)c1nc2cc(Cl)ccc2n1Cc1ccccc1. The largest absolute Gasteiger partial charge is 0.323 e. The lowest BCUT2D eigenvalue weighted by Crippen LogP contribution is -2.08. The predicted molar refractivity (Wildman–Crippen MR) is 120 cm³/mol. The molecule has 0 radical (unpaired) electrons. The second-order valence-electron chi connectivity index (χ2n) is 6.86. The molecule has 0 bridgehead atoms. The van der Waals surface area contributed by atoms with E-state index in [1.54, 1.807) is 11.8 Å². The van der Waals surface area contributed by atoms with Crippen molar-refractivity contribution in [2.24, 2.45) is 0 Å². The number of hydrogen-bond acceptors (Lipinski definition) is 4. The van der Waals surface area contributed by atoms with Gasteiger partial charge in [0, 0.05) is 18.1 Å². The molecule has 0 saturated carbocycles.